The van der Waals surface area contributed by atoms with Gasteiger partial charge < -0.3 is 4.90 Å². The van der Waals surface area contributed by atoms with Crippen molar-refractivity contribution in [3.63, 3.8) is 0 Å². The summed E-state index contributed by atoms with van der Waals surface area (Å²) in [5.41, 5.74) is 3.48. The standard InChI is InChI=1S/C20H15F3N6O/c1-28-19(10-7-12(21)16(23)13(22)8-10)11-4-6-29(9-15(11)27-28)20(30)18-17-14(25-26-18)3-2-5-24-17/h2-3,5,7-8H,4,6,9H2,1H3,(H,25,26). The van der Waals surface area contributed by atoms with Crippen LogP contribution in [0.1, 0.15) is 21.7 Å². The molecule has 7 nitrogen and oxygen atoms in total. The summed E-state index contributed by atoms with van der Waals surface area (Å²) in [7, 11) is 1.64. The van der Waals surface area contributed by atoms with Crippen molar-refractivity contribution < 1.29 is 18.0 Å². The molecule has 0 bridgehead atoms. The Morgan fingerprint density at radius 2 is 1.97 bits per heavy atom. The molecule has 1 aliphatic heterocycles. The highest BCUT2D eigenvalue weighted by molar-refractivity contribution is 6.03. The van der Waals surface area contributed by atoms with Crippen molar-refractivity contribution >= 4 is 16.9 Å². The number of aromatic amines is 1. The smallest absolute Gasteiger partial charge is 0.276 e. The van der Waals surface area contributed by atoms with Gasteiger partial charge in [-0.25, -0.2) is 13.2 Å². The highest BCUT2D eigenvalue weighted by atomic mass is 19.2. The van der Waals surface area contributed by atoms with Crippen molar-refractivity contribution in [1.29, 1.82) is 0 Å². The van der Waals surface area contributed by atoms with Crippen LogP contribution in [-0.2, 0) is 20.0 Å². The summed E-state index contributed by atoms with van der Waals surface area (Å²) < 4.78 is 42.3. The van der Waals surface area contributed by atoms with Crippen LogP contribution in [0.25, 0.3) is 22.3 Å². The Kier molecular flexibility index (Phi) is 4.09. The number of halogens is 3. The van der Waals surface area contributed by atoms with Crippen LogP contribution in [0.5, 0.6) is 0 Å². The maximum absolute atomic E-state index is 13.7. The van der Waals surface area contributed by atoms with Crippen LogP contribution in [0.15, 0.2) is 30.5 Å². The molecule has 3 aromatic heterocycles. The maximum Gasteiger partial charge on any atom is 0.276 e. The Morgan fingerprint density at radius 1 is 1.20 bits per heavy atom. The van der Waals surface area contributed by atoms with Gasteiger partial charge in [-0.15, -0.1) is 0 Å². The predicted octanol–water partition coefficient (Wildman–Crippen LogP) is 2.97. The topological polar surface area (TPSA) is 79.7 Å². The van der Waals surface area contributed by atoms with E-state index in [-0.39, 0.29) is 23.7 Å². The number of benzene rings is 1. The molecule has 1 amide bonds. The minimum absolute atomic E-state index is 0.199. The molecule has 5 rings (SSSR count). The van der Waals surface area contributed by atoms with Crippen molar-refractivity contribution in [2.24, 2.45) is 7.05 Å². The Labute approximate surface area is 168 Å². The number of fused-ring (bicyclic) bond motifs is 2. The molecule has 10 heteroatoms. The molecule has 1 aromatic carbocycles. The van der Waals surface area contributed by atoms with Crippen LogP contribution in [-0.4, -0.2) is 42.3 Å². The lowest BCUT2D eigenvalue weighted by atomic mass is 9.99. The van der Waals surface area contributed by atoms with Crippen LogP contribution < -0.4 is 0 Å². The molecule has 152 valence electrons. The molecule has 0 atom stereocenters. The summed E-state index contributed by atoms with van der Waals surface area (Å²) in [5.74, 6) is -4.31. The number of hydrogen-bond donors (Lipinski definition) is 1. The number of aryl methyl sites for hydroxylation is 1. The van der Waals surface area contributed by atoms with Crippen molar-refractivity contribution in [3.8, 4) is 11.3 Å². The first-order chi connectivity index (χ1) is 14.4. The van der Waals surface area contributed by atoms with Gasteiger partial charge in [0.2, 0.25) is 0 Å². The van der Waals surface area contributed by atoms with E-state index < -0.39 is 17.5 Å². The molecular weight excluding hydrogens is 397 g/mol. The van der Waals surface area contributed by atoms with Crippen LogP contribution in [0.4, 0.5) is 13.2 Å². The quantitative estimate of drug-likeness (QED) is 0.514. The highest BCUT2D eigenvalue weighted by Crippen LogP contribution is 2.32. The van der Waals surface area contributed by atoms with E-state index in [1.54, 1.807) is 30.3 Å². The van der Waals surface area contributed by atoms with Crippen LogP contribution in [0.2, 0.25) is 0 Å². The Balaban J connectivity index is 1.49. The van der Waals surface area contributed by atoms with E-state index in [2.05, 4.69) is 20.3 Å². The average Bonchev–Trinajstić information content (AvgIpc) is 3.30. The van der Waals surface area contributed by atoms with Gasteiger partial charge in [-0.3, -0.25) is 19.6 Å². The number of rotatable bonds is 2. The number of carbonyl (C=O) groups is 1. The molecule has 30 heavy (non-hydrogen) atoms. The summed E-state index contributed by atoms with van der Waals surface area (Å²) >= 11 is 0. The summed E-state index contributed by atoms with van der Waals surface area (Å²) in [4.78, 5) is 18.8. The summed E-state index contributed by atoms with van der Waals surface area (Å²) in [6.07, 6.45) is 2.02. The molecule has 0 radical (unpaired) electrons. The number of aromatic nitrogens is 5. The fraction of sp³-hybridized carbons (Fsp3) is 0.200. The maximum atomic E-state index is 13.7. The number of pyridine rings is 1. The third-order valence-electron chi connectivity index (χ3n) is 5.27. The number of nitrogens with one attached hydrogen (secondary N) is 1. The molecule has 0 saturated carbocycles. The molecule has 0 saturated heterocycles. The lowest BCUT2D eigenvalue weighted by Crippen LogP contribution is -2.36. The molecule has 4 aromatic rings. The Hall–Kier alpha value is -3.69. The fourth-order valence-corrected chi connectivity index (χ4v) is 3.90. The Bertz CT molecular complexity index is 1290. The summed E-state index contributed by atoms with van der Waals surface area (Å²) in [5, 5.41) is 11.3. The second kappa shape index (κ2) is 6.68. The number of amides is 1. The van der Waals surface area contributed by atoms with Gasteiger partial charge in [0, 0.05) is 30.9 Å². The minimum atomic E-state index is -1.51. The molecule has 1 N–H and O–H groups in total. The number of nitrogens with zero attached hydrogens (tertiary/aromatic N) is 5. The van der Waals surface area contributed by atoms with Gasteiger partial charge in [0.25, 0.3) is 5.91 Å². The largest absolute Gasteiger partial charge is 0.331 e. The summed E-state index contributed by atoms with van der Waals surface area (Å²) in [6, 6.07) is 5.44. The number of carbonyl (C=O) groups excluding carboxylic acids is 1. The lowest BCUT2D eigenvalue weighted by molar-refractivity contribution is 0.0728. The zero-order valence-corrected chi connectivity index (χ0v) is 15.8. The molecule has 0 unspecified atom stereocenters. The molecule has 0 fully saturated rings. The van der Waals surface area contributed by atoms with E-state index in [1.807, 2.05) is 0 Å². The van der Waals surface area contributed by atoms with Crippen molar-refractivity contribution in [3.05, 3.63) is 64.9 Å². The molecule has 0 aliphatic carbocycles. The second-order valence-corrected chi connectivity index (χ2v) is 7.10. The van der Waals surface area contributed by atoms with E-state index in [9.17, 15) is 18.0 Å². The number of hydrogen-bond acceptors (Lipinski definition) is 4. The van der Waals surface area contributed by atoms with Gasteiger partial charge in [0.1, 0.15) is 5.52 Å². The molecule has 1 aliphatic rings. The first kappa shape index (κ1) is 18.3. The van der Waals surface area contributed by atoms with Gasteiger partial charge in [0.15, 0.2) is 23.1 Å². The first-order valence-corrected chi connectivity index (χ1v) is 9.22. The van der Waals surface area contributed by atoms with Crippen molar-refractivity contribution in [2.75, 3.05) is 6.54 Å². The molecular formula is C20H15F3N6O. The van der Waals surface area contributed by atoms with Gasteiger partial charge in [-0.2, -0.15) is 10.2 Å². The van der Waals surface area contributed by atoms with Gasteiger partial charge in [-0.1, -0.05) is 0 Å². The normalized spacial score (nSPS) is 13.7. The minimum Gasteiger partial charge on any atom is -0.331 e. The second-order valence-electron chi connectivity index (χ2n) is 7.10. The van der Waals surface area contributed by atoms with Crippen molar-refractivity contribution in [2.45, 2.75) is 13.0 Å². The van der Waals surface area contributed by atoms with Crippen LogP contribution >= 0.6 is 0 Å². The SMILES string of the molecule is Cn1nc2c(c1-c1cc(F)c(F)c(F)c1)CCN(C(=O)c1n[nH]c3cccnc13)C2. The molecule has 0 spiro atoms. The monoisotopic (exact) mass is 412 g/mol. The Morgan fingerprint density at radius 3 is 2.73 bits per heavy atom. The summed E-state index contributed by atoms with van der Waals surface area (Å²) in [6.45, 7) is 0.591. The highest BCUT2D eigenvalue weighted by Gasteiger charge is 2.30. The van der Waals surface area contributed by atoms with E-state index in [4.69, 9.17) is 0 Å². The van der Waals surface area contributed by atoms with Gasteiger partial charge in [-0.05, 0) is 30.7 Å². The average molecular weight is 412 g/mol. The van der Waals surface area contributed by atoms with Crippen molar-refractivity contribution in [1.82, 2.24) is 29.9 Å². The first-order valence-electron chi connectivity index (χ1n) is 9.22. The van der Waals surface area contributed by atoms with Crippen LogP contribution in [0.3, 0.4) is 0 Å². The van der Waals surface area contributed by atoms with Crippen LogP contribution in [0, 0.1) is 17.5 Å². The third kappa shape index (κ3) is 2.75. The van der Waals surface area contributed by atoms with E-state index in [0.717, 1.165) is 17.7 Å². The zero-order valence-electron chi connectivity index (χ0n) is 15.8. The number of H-pyrrole nitrogens is 1. The molecule has 4 heterocycles. The fourth-order valence-electron chi connectivity index (χ4n) is 3.90. The predicted molar refractivity (Wildman–Crippen MR) is 101 cm³/mol. The lowest BCUT2D eigenvalue weighted by Gasteiger charge is -2.26. The van der Waals surface area contributed by atoms with Gasteiger partial charge >= 0.3 is 0 Å². The van der Waals surface area contributed by atoms with Gasteiger partial charge in [0.05, 0.1) is 23.4 Å². The van der Waals surface area contributed by atoms with E-state index in [0.29, 0.717) is 35.4 Å². The van der Waals surface area contributed by atoms with E-state index >= 15 is 0 Å². The van der Waals surface area contributed by atoms with E-state index in [1.165, 1.54) is 4.68 Å². The zero-order chi connectivity index (χ0) is 21.0. The third-order valence-corrected chi connectivity index (χ3v) is 5.27.